The van der Waals surface area contributed by atoms with Crippen molar-refractivity contribution in [3.63, 3.8) is 0 Å². The second kappa shape index (κ2) is 4.24. The summed E-state index contributed by atoms with van der Waals surface area (Å²) in [5, 5.41) is 10.5. The van der Waals surface area contributed by atoms with Crippen LogP contribution in [0.3, 0.4) is 0 Å². The highest BCUT2D eigenvalue weighted by molar-refractivity contribution is 5.64. The lowest BCUT2D eigenvalue weighted by molar-refractivity contribution is 0.193. The van der Waals surface area contributed by atoms with Gasteiger partial charge in [0.05, 0.1) is 13.7 Å². The van der Waals surface area contributed by atoms with Crippen molar-refractivity contribution in [3.8, 4) is 5.88 Å². The summed E-state index contributed by atoms with van der Waals surface area (Å²) in [6, 6.07) is 1.59. The number of hydrogen-bond acceptors (Lipinski definition) is 4. The van der Waals surface area contributed by atoms with Gasteiger partial charge in [-0.1, -0.05) is 0 Å². The largest absolute Gasteiger partial charge is 0.481 e. The maximum atomic E-state index is 10.1. The fraction of sp³-hybridized carbons (Fsp3) is 0.286. The first-order chi connectivity index (χ1) is 6.22. The Kier molecular flexibility index (Phi) is 3.02. The number of nitrogens with zero attached hydrogens (tertiary/aromatic N) is 2. The summed E-state index contributed by atoms with van der Waals surface area (Å²) in [5.74, 6) is 0.791. The van der Waals surface area contributed by atoms with E-state index in [1.807, 2.05) is 0 Å². The van der Waals surface area contributed by atoms with Crippen molar-refractivity contribution in [2.24, 2.45) is 0 Å². The number of hydrogen-bond donors (Lipinski definition) is 2. The fourth-order valence-corrected chi connectivity index (χ4v) is 0.734. The zero-order valence-electron chi connectivity index (χ0n) is 7.02. The van der Waals surface area contributed by atoms with Crippen LogP contribution in [-0.4, -0.2) is 28.3 Å². The predicted octanol–water partition coefficient (Wildman–Crippen LogP) is 0.253. The lowest BCUT2D eigenvalue weighted by Crippen LogP contribution is -2.21. The van der Waals surface area contributed by atoms with Gasteiger partial charge in [-0.3, -0.25) is 0 Å². The fourth-order valence-electron chi connectivity index (χ4n) is 0.734. The molecular formula is C7H9N3O3. The minimum atomic E-state index is -1.11. The highest BCUT2D eigenvalue weighted by Gasteiger charge is 2.00. The van der Waals surface area contributed by atoms with E-state index in [0.717, 1.165) is 0 Å². The number of rotatable bonds is 3. The molecule has 1 amide bonds. The lowest BCUT2D eigenvalue weighted by atomic mass is 10.5. The third-order valence-electron chi connectivity index (χ3n) is 1.29. The molecule has 0 fully saturated rings. The van der Waals surface area contributed by atoms with Gasteiger partial charge in [-0.05, 0) is 0 Å². The van der Waals surface area contributed by atoms with Gasteiger partial charge in [0, 0.05) is 12.3 Å². The molecule has 70 valence electrons. The molecule has 1 aromatic rings. The van der Waals surface area contributed by atoms with Gasteiger partial charge in [0.1, 0.15) is 0 Å². The molecule has 0 bridgehead atoms. The average Bonchev–Trinajstić information content (AvgIpc) is 2.15. The van der Waals surface area contributed by atoms with E-state index in [1.54, 1.807) is 6.07 Å². The van der Waals surface area contributed by atoms with Crippen LogP contribution in [-0.2, 0) is 6.54 Å². The molecule has 6 heteroatoms. The SMILES string of the molecule is COc1ccnc(CNC(=O)O)n1. The van der Waals surface area contributed by atoms with Gasteiger partial charge in [0.25, 0.3) is 0 Å². The molecule has 13 heavy (non-hydrogen) atoms. The summed E-state index contributed by atoms with van der Waals surface area (Å²) >= 11 is 0. The molecular weight excluding hydrogens is 174 g/mol. The third kappa shape index (κ3) is 2.94. The first-order valence-corrected chi connectivity index (χ1v) is 3.55. The first kappa shape index (κ1) is 9.24. The maximum absolute atomic E-state index is 10.1. The van der Waals surface area contributed by atoms with E-state index in [2.05, 4.69) is 15.3 Å². The standard InChI is InChI=1S/C7H9N3O3/c1-13-6-2-3-8-5(10-6)4-9-7(11)12/h2-3,9H,4H2,1H3,(H,11,12). The van der Waals surface area contributed by atoms with Crippen molar-refractivity contribution in [2.75, 3.05) is 7.11 Å². The number of amides is 1. The monoisotopic (exact) mass is 183 g/mol. The Morgan fingerprint density at radius 1 is 1.77 bits per heavy atom. The molecule has 0 aromatic carbocycles. The van der Waals surface area contributed by atoms with E-state index in [-0.39, 0.29) is 6.54 Å². The third-order valence-corrected chi connectivity index (χ3v) is 1.29. The van der Waals surface area contributed by atoms with Crippen LogP contribution in [0.5, 0.6) is 5.88 Å². The Hall–Kier alpha value is -1.85. The van der Waals surface area contributed by atoms with E-state index in [9.17, 15) is 4.79 Å². The molecule has 0 unspecified atom stereocenters. The van der Waals surface area contributed by atoms with Crippen LogP contribution < -0.4 is 10.1 Å². The second-order valence-corrected chi connectivity index (χ2v) is 2.17. The van der Waals surface area contributed by atoms with Crippen LogP contribution in [0.2, 0.25) is 0 Å². The Bertz CT molecular complexity index is 303. The number of methoxy groups -OCH3 is 1. The molecule has 0 aliphatic rings. The zero-order chi connectivity index (χ0) is 9.68. The van der Waals surface area contributed by atoms with Crippen molar-refractivity contribution in [2.45, 2.75) is 6.54 Å². The molecule has 2 N–H and O–H groups in total. The van der Waals surface area contributed by atoms with E-state index < -0.39 is 6.09 Å². The molecule has 1 rings (SSSR count). The van der Waals surface area contributed by atoms with E-state index in [0.29, 0.717) is 11.7 Å². The Balaban J connectivity index is 2.61. The number of carboxylic acid groups (broad SMARTS) is 1. The number of carbonyl (C=O) groups is 1. The lowest BCUT2D eigenvalue weighted by Gasteiger charge is -2.01. The highest BCUT2D eigenvalue weighted by atomic mass is 16.5. The summed E-state index contributed by atoms with van der Waals surface area (Å²) in [7, 11) is 1.48. The summed E-state index contributed by atoms with van der Waals surface area (Å²) in [4.78, 5) is 17.9. The molecule has 0 atom stereocenters. The predicted molar refractivity (Wildman–Crippen MR) is 43.4 cm³/mol. The van der Waals surface area contributed by atoms with Gasteiger partial charge < -0.3 is 15.2 Å². The summed E-state index contributed by atoms with van der Waals surface area (Å²) < 4.78 is 4.84. The number of aromatic nitrogens is 2. The Labute approximate surface area is 74.6 Å². The van der Waals surface area contributed by atoms with Gasteiger partial charge in [-0.2, -0.15) is 4.98 Å². The van der Waals surface area contributed by atoms with Crippen LogP contribution in [0.25, 0.3) is 0 Å². The summed E-state index contributed by atoms with van der Waals surface area (Å²) in [5.41, 5.74) is 0. The van der Waals surface area contributed by atoms with Gasteiger partial charge in [0.2, 0.25) is 5.88 Å². The van der Waals surface area contributed by atoms with Crippen LogP contribution in [0.15, 0.2) is 12.3 Å². The van der Waals surface area contributed by atoms with Crippen molar-refractivity contribution in [3.05, 3.63) is 18.1 Å². The van der Waals surface area contributed by atoms with Crippen molar-refractivity contribution in [1.82, 2.24) is 15.3 Å². The van der Waals surface area contributed by atoms with Gasteiger partial charge >= 0.3 is 6.09 Å². The zero-order valence-corrected chi connectivity index (χ0v) is 7.02. The topological polar surface area (TPSA) is 84.3 Å². The van der Waals surface area contributed by atoms with Crippen molar-refractivity contribution < 1.29 is 14.6 Å². The molecule has 1 aromatic heterocycles. The molecule has 0 aliphatic heterocycles. The number of nitrogens with one attached hydrogen (secondary N) is 1. The summed E-state index contributed by atoms with van der Waals surface area (Å²) in [6.45, 7) is 0.0759. The molecule has 0 saturated heterocycles. The normalized spacial score (nSPS) is 9.31. The average molecular weight is 183 g/mol. The highest BCUT2D eigenvalue weighted by Crippen LogP contribution is 2.02. The summed E-state index contributed by atoms with van der Waals surface area (Å²) in [6.07, 6.45) is 0.399. The van der Waals surface area contributed by atoms with Gasteiger partial charge in [-0.25, -0.2) is 9.78 Å². The maximum Gasteiger partial charge on any atom is 0.405 e. The molecule has 0 spiro atoms. The van der Waals surface area contributed by atoms with Crippen LogP contribution in [0.1, 0.15) is 5.82 Å². The number of ether oxygens (including phenoxy) is 1. The Morgan fingerprint density at radius 2 is 2.54 bits per heavy atom. The first-order valence-electron chi connectivity index (χ1n) is 3.55. The molecule has 0 radical (unpaired) electrons. The minimum Gasteiger partial charge on any atom is -0.481 e. The molecule has 1 heterocycles. The van der Waals surface area contributed by atoms with Crippen LogP contribution >= 0.6 is 0 Å². The molecule has 6 nitrogen and oxygen atoms in total. The van der Waals surface area contributed by atoms with Crippen molar-refractivity contribution >= 4 is 6.09 Å². The Morgan fingerprint density at radius 3 is 3.15 bits per heavy atom. The van der Waals surface area contributed by atoms with E-state index >= 15 is 0 Å². The van der Waals surface area contributed by atoms with Gasteiger partial charge in [-0.15, -0.1) is 0 Å². The molecule has 0 aliphatic carbocycles. The van der Waals surface area contributed by atoms with Crippen LogP contribution in [0, 0.1) is 0 Å². The van der Waals surface area contributed by atoms with Crippen LogP contribution in [0.4, 0.5) is 4.79 Å². The van der Waals surface area contributed by atoms with E-state index in [1.165, 1.54) is 13.3 Å². The van der Waals surface area contributed by atoms with E-state index in [4.69, 9.17) is 9.84 Å². The van der Waals surface area contributed by atoms with Gasteiger partial charge in [0.15, 0.2) is 5.82 Å². The smallest absolute Gasteiger partial charge is 0.405 e. The quantitative estimate of drug-likeness (QED) is 0.701. The van der Waals surface area contributed by atoms with Crippen molar-refractivity contribution in [1.29, 1.82) is 0 Å². The second-order valence-electron chi connectivity index (χ2n) is 2.17. The molecule has 0 saturated carbocycles. The minimum absolute atomic E-state index is 0.0759.